The third-order valence-electron chi connectivity index (χ3n) is 3.21. The van der Waals surface area contributed by atoms with Gasteiger partial charge in [0.2, 0.25) is 5.91 Å². The fourth-order valence-corrected chi connectivity index (χ4v) is 2.69. The number of hydrogen-bond acceptors (Lipinski definition) is 2. The highest BCUT2D eigenvalue weighted by molar-refractivity contribution is 6.35. The topological polar surface area (TPSA) is 42.2 Å². The summed E-state index contributed by atoms with van der Waals surface area (Å²) in [5, 5.41) is 3.61. The maximum absolute atomic E-state index is 12.0. The van der Waals surface area contributed by atoms with Crippen molar-refractivity contribution < 1.29 is 9.21 Å². The molecule has 0 saturated carbocycles. The van der Waals surface area contributed by atoms with Crippen LogP contribution >= 0.6 is 23.2 Å². The van der Waals surface area contributed by atoms with Crippen LogP contribution in [-0.2, 0) is 4.79 Å². The second-order valence-electron chi connectivity index (χ2n) is 5.05. The summed E-state index contributed by atoms with van der Waals surface area (Å²) < 4.78 is 5.70. The van der Waals surface area contributed by atoms with Gasteiger partial charge in [0, 0.05) is 27.4 Å². The van der Waals surface area contributed by atoms with E-state index in [9.17, 15) is 4.79 Å². The SMILES string of the molecule is O=C(/C=C/c1ccc(-c2ccccc2)o1)Nc1cc(Cl)cc(Cl)c1. The fourth-order valence-electron chi connectivity index (χ4n) is 2.17. The molecule has 0 aliphatic heterocycles. The number of rotatable bonds is 4. The minimum absolute atomic E-state index is 0.300. The van der Waals surface area contributed by atoms with Gasteiger partial charge < -0.3 is 9.73 Å². The highest BCUT2D eigenvalue weighted by Crippen LogP contribution is 2.23. The average Bonchev–Trinajstić information content (AvgIpc) is 3.02. The molecular formula is C19H13Cl2NO2. The second kappa shape index (κ2) is 7.39. The lowest BCUT2D eigenvalue weighted by molar-refractivity contribution is -0.111. The Hall–Kier alpha value is -2.49. The first-order valence-corrected chi connectivity index (χ1v) is 7.96. The van der Waals surface area contributed by atoms with Crippen LogP contribution < -0.4 is 5.32 Å². The Bertz CT molecular complexity index is 865. The van der Waals surface area contributed by atoms with Crippen LogP contribution in [0, 0.1) is 0 Å². The summed E-state index contributed by atoms with van der Waals surface area (Å²) in [7, 11) is 0. The zero-order chi connectivity index (χ0) is 16.9. The Labute approximate surface area is 149 Å². The normalized spacial score (nSPS) is 10.9. The minimum atomic E-state index is -0.300. The largest absolute Gasteiger partial charge is 0.457 e. The van der Waals surface area contributed by atoms with Crippen molar-refractivity contribution in [3.63, 3.8) is 0 Å². The van der Waals surface area contributed by atoms with E-state index in [0.29, 0.717) is 21.5 Å². The van der Waals surface area contributed by atoms with Crippen molar-refractivity contribution in [1.29, 1.82) is 0 Å². The lowest BCUT2D eigenvalue weighted by Crippen LogP contribution is -2.07. The van der Waals surface area contributed by atoms with Crippen LogP contribution in [0.4, 0.5) is 5.69 Å². The van der Waals surface area contributed by atoms with Gasteiger partial charge >= 0.3 is 0 Å². The lowest BCUT2D eigenvalue weighted by Gasteiger charge is -2.03. The highest BCUT2D eigenvalue weighted by atomic mass is 35.5. The number of halogens is 2. The summed E-state index contributed by atoms with van der Waals surface area (Å²) >= 11 is 11.8. The number of benzene rings is 2. The predicted molar refractivity (Wildman–Crippen MR) is 98.3 cm³/mol. The molecule has 5 heteroatoms. The van der Waals surface area contributed by atoms with E-state index in [1.54, 1.807) is 24.3 Å². The second-order valence-corrected chi connectivity index (χ2v) is 5.92. The van der Waals surface area contributed by atoms with E-state index in [-0.39, 0.29) is 5.91 Å². The van der Waals surface area contributed by atoms with Crippen LogP contribution in [-0.4, -0.2) is 5.91 Å². The zero-order valence-electron chi connectivity index (χ0n) is 12.5. The molecule has 0 bridgehead atoms. The number of nitrogens with one attached hydrogen (secondary N) is 1. The number of hydrogen-bond donors (Lipinski definition) is 1. The smallest absolute Gasteiger partial charge is 0.248 e. The standard InChI is InChI=1S/C19H13Cl2NO2/c20-14-10-15(21)12-16(11-14)22-19(23)9-7-17-6-8-18(24-17)13-4-2-1-3-5-13/h1-12H,(H,22,23)/b9-7+. The van der Waals surface area contributed by atoms with Crippen molar-refractivity contribution >= 4 is 40.9 Å². The number of anilines is 1. The molecular weight excluding hydrogens is 345 g/mol. The van der Waals surface area contributed by atoms with Crippen molar-refractivity contribution in [1.82, 2.24) is 0 Å². The van der Waals surface area contributed by atoms with Crippen LogP contribution in [0.15, 0.2) is 71.2 Å². The number of furan rings is 1. The van der Waals surface area contributed by atoms with Crippen molar-refractivity contribution in [2.75, 3.05) is 5.32 Å². The monoisotopic (exact) mass is 357 g/mol. The molecule has 0 aliphatic rings. The van der Waals surface area contributed by atoms with Gasteiger partial charge in [0.1, 0.15) is 11.5 Å². The highest BCUT2D eigenvalue weighted by Gasteiger charge is 2.04. The van der Waals surface area contributed by atoms with Crippen LogP contribution in [0.1, 0.15) is 5.76 Å². The van der Waals surface area contributed by atoms with E-state index in [0.717, 1.165) is 11.3 Å². The van der Waals surface area contributed by atoms with Gasteiger partial charge in [-0.2, -0.15) is 0 Å². The maximum atomic E-state index is 12.0. The molecule has 0 aliphatic carbocycles. The predicted octanol–water partition coefficient (Wildman–Crippen LogP) is 5.91. The van der Waals surface area contributed by atoms with Gasteiger partial charge in [-0.05, 0) is 36.4 Å². The Balaban J connectivity index is 1.67. The van der Waals surface area contributed by atoms with Gasteiger partial charge in [0.05, 0.1) is 0 Å². The number of carbonyl (C=O) groups excluding carboxylic acids is 1. The molecule has 3 rings (SSSR count). The van der Waals surface area contributed by atoms with Crippen LogP contribution in [0.25, 0.3) is 17.4 Å². The van der Waals surface area contributed by atoms with Crippen LogP contribution in [0.2, 0.25) is 10.0 Å². The molecule has 0 atom stereocenters. The molecule has 0 saturated heterocycles. The van der Waals surface area contributed by atoms with Crippen molar-refractivity contribution in [2.24, 2.45) is 0 Å². The van der Waals surface area contributed by atoms with Crippen molar-refractivity contribution in [3.8, 4) is 11.3 Å². The molecule has 1 amide bonds. The zero-order valence-corrected chi connectivity index (χ0v) is 14.0. The van der Waals surface area contributed by atoms with E-state index in [1.165, 1.54) is 6.08 Å². The summed E-state index contributed by atoms with van der Waals surface area (Å²) in [5.41, 5.74) is 1.52. The van der Waals surface area contributed by atoms with Crippen molar-refractivity contribution in [2.45, 2.75) is 0 Å². The van der Waals surface area contributed by atoms with E-state index in [1.807, 2.05) is 42.5 Å². The number of carbonyl (C=O) groups is 1. The summed E-state index contributed by atoms with van der Waals surface area (Å²) in [6.07, 6.45) is 3.00. The van der Waals surface area contributed by atoms with Crippen LogP contribution in [0.5, 0.6) is 0 Å². The van der Waals surface area contributed by atoms with Gasteiger partial charge in [-0.1, -0.05) is 53.5 Å². The minimum Gasteiger partial charge on any atom is -0.457 e. The molecule has 1 heterocycles. The molecule has 2 aromatic carbocycles. The molecule has 1 N–H and O–H groups in total. The lowest BCUT2D eigenvalue weighted by atomic mass is 10.2. The molecule has 3 aromatic rings. The van der Waals surface area contributed by atoms with Crippen LogP contribution in [0.3, 0.4) is 0 Å². The third kappa shape index (κ3) is 4.28. The molecule has 3 nitrogen and oxygen atoms in total. The van der Waals surface area contributed by atoms with Gasteiger partial charge in [0.15, 0.2) is 0 Å². The van der Waals surface area contributed by atoms with Gasteiger partial charge in [-0.3, -0.25) is 4.79 Å². The summed E-state index contributed by atoms with van der Waals surface area (Å²) in [6.45, 7) is 0. The Kier molecular flexibility index (Phi) is 5.04. The molecule has 0 unspecified atom stereocenters. The third-order valence-corrected chi connectivity index (χ3v) is 3.65. The summed E-state index contributed by atoms with van der Waals surface area (Å²) in [6, 6.07) is 18.3. The maximum Gasteiger partial charge on any atom is 0.248 e. The van der Waals surface area contributed by atoms with Gasteiger partial charge in [-0.25, -0.2) is 0 Å². The molecule has 0 fully saturated rings. The first-order chi connectivity index (χ1) is 11.6. The summed E-state index contributed by atoms with van der Waals surface area (Å²) in [4.78, 5) is 12.0. The first-order valence-electron chi connectivity index (χ1n) is 7.20. The van der Waals surface area contributed by atoms with E-state index in [2.05, 4.69) is 5.32 Å². The van der Waals surface area contributed by atoms with Gasteiger partial charge in [0.25, 0.3) is 0 Å². The average molecular weight is 358 g/mol. The molecule has 0 spiro atoms. The first kappa shape index (κ1) is 16.4. The fraction of sp³-hybridized carbons (Fsp3) is 0. The molecule has 0 radical (unpaired) electrons. The summed E-state index contributed by atoms with van der Waals surface area (Å²) in [5.74, 6) is 1.04. The quantitative estimate of drug-likeness (QED) is 0.590. The van der Waals surface area contributed by atoms with Crippen molar-refractivity contribution in [3.05, 3.63) is 82.5 Å². The molecule has 24 heavy (non-hydrogen) atoms. The number of amides is 1. The molecule has 1 aromatic heterocycles. The Morgan fingerprint density at radius 2 is 1.67 bits per heavy atom. The Morgan fingerprint density at radius 3 is 2.38 bits per heavy atom. The molecule has 120 valence electrons. The van der Waals surface area contributed by atoms with E-state index in [4.69, 9.17) is 27.6 Å². The van der Waals surface area contributed by atoms with E-state index < -0.39 is 0 Å². The van der Waals surface area contributed by atoms with E-state index >= 15 is 0 Å². The van der Waals surface area contributed by atoms with Gasteiger partial charge in [-0.15, -0.1) is 0 Å². The Morgan fingerprint density at radius 1 is 0.958 bits per heavy atom.